The first-order valence-corrected chi connectivity index (χ1v) is 12.4. The number of likely N-dealkylation sites (N-methyl/N-ethyl adjacent to an activating group) is 1. The first kappa shape index (κ1) is 20.4. The number of hydrogen-bond acceptors (Lipinski definition) is 9. The second-order valence-electron chi connectivity index (χ2n) is 7.97. The van der Waals surface area contributed by atoms with E-state index in [1.54, 1.807) is 0 Å². The maximum Gasteiger partial charge on any atom is 0.236 e. The van der Waals surface area contributed by atoms with Gasteiger partial charge in [0.2, 0.25) is 5.91 Å². The molecule has 158 valence electrons. The van der Waals surface area contributed by atoms with Crippen molar-refractivity contribution in [1.82, 2.24) is 24.5 Å². The van der Waals surface area contributed by atoms with Gasteiger partial charge in [-0.3, -0.25) is 9.69 Å². The molecule has 0 N–H and O–H groups in total. The van der Waals surface area contributed by atoms with Gasteiger partial charge in [0.05, 0.1) is 29.4 Å². The van der Waals surface area contributed by atoms with E-state index in [9.17, 15) is 13.2 Å². The first-order chi connectivity index (χ1) is 13.8. The molecule has 0 aromatic carbocycles. The van der Waals surface area contributed by atoms with Crippen molar-refractivity contribution in [1.29, 1.82) is 0 Å². The Morgan fingerprint density at radius 3 is 2.93 bits per heavy atom. The molecule has 0 radical (unpaired) electrons. The van der Waals surface area contributed by atoms with Crippen LogP contribution in [0, 0.1) is 6.92 Å². The Morgan fingerprint density at radius 1 is 1.41 bits per heavy atom. The Hall–Kier alpha value is -1.85. The number of rotatable bonds is 5. The quantitative estimate of drug-likeness (QED) is 0.686. The lowest BCUT2D eigenvalue weighted by Crippen LogP contribution is -2.46. The summed E-state index contributed by atoms with van der Waals surface area (Å²) in [6, 6.07) is 1.79. The van der Waals surface area contributed by atoms with E-state index in [1.165, 1.54) is 11.5 Å². The van der Waals surface area contributed by atoms with Crippen molar-refractivity contribution in [3.63, 3.8) is 0 Å². The Bertz CT molecular complexity index is 986. The second kappa shape index (κ2) is 8.11. The van der Waals surface area contributed by atoms with E-state index in [0.717, 1.165) is 29.1 Å². The van der Waals surface area contributed by atoms with E-state index in [2.05, 4.69) is 14.7 Å². The molecule has 4 heterocycles. The molecule has 0 bridgehead atoms. The molecular formula is C18H25N5O4S2. The maximum absolute atomic E-state index is 12.9. The topological polar surface area (TPSA) is 110 Å². The molecule has 29 heavy (non-hydrogen) atoms. The van der Waals surface area contributed by atoms with E-state index < -0.39 is 9.84 Å². The number of hydrogen-bond donors (Lipinski definition) is 0. The van der Waals surface area contributed by atoms with Crippen molar-refractivity contribution < 1.29 is 17.7 Å². The molecule has 2 fully saturated rings. The van der Waals surface area contributed by atoms with E-state index >= 15 is 0 Å². The molecule has 2 aromatic heterocycles. The maximum atomic E-state index is 12.9. The highest BCUT2D eigenvalue weighted by atomic mass is 32.2. The number of piperidine rings is 1. The lowest BCUT2D eigenvalue weighted by atomic mass is 9.93. The highest BCUT2D eigenvalue weighted by molar-refractivity contribution is 7.91. The molecule has 4 rings (SSSR count). The summed E-state index contributed by atoms with van der Waals surface area (Å²) < 4.78 is 32.9. The smallest absolute Gasteiger partial charge is 0.236 e. The van der Waals surface area contributed by atoms with Gasteiger partial charge in [-0.15, -0.1) is 5.10 Å². The van der Waals surface area contributed by atoms with E-state index in [1.807, 2.05) is 29.8 Å². The Morgan fingerprint density at radius 2 is 2.24 bits per heavy atom. The lowest BCUT2D eigenvalue weighted by Gasteiger charge is -2.34. The summed E-state index contributed by atoms with van der Waals surface area (Å²) in [5, 5.41) is 8.27. The molecule has 0 spiro atoms. The minimum atomic E-state index is -2.96. The van der Waals surface area contributed by atoms with Crippen LogP contribution in [-0.2, 0) is 14.6 Å². The van der Waals surface area contributed by atoms with Crippen LogP contribution < -0.4 is 0 Å². The van der Waals surface area contributed by atoms with Crippen LogP contribution in [0.4, 0.5) is 0 Å². The molecule has 0 aliphatic carbocycles. The van der Waals surface area contributed by atoms with Gasteiger partial charge in [-0.1, -0.05) is 9.64 Å². The SMILES string of the molecule is Cc1cc(-c2snnc2[C@@H]2CCCN(C(=O)CN(C)[C@H]3CCS(=O)(=O)C3)C2)on1. The Kier molecular flexibility index (Phi) is 5.71. The molecule has 2 aliphatic rings. The highest BCUT2D eigenvalue weighted by Gasteiger charge is 2.34. The number of amides is 1. The molecular weight excluding hydrogens is 414 g/mol. The van der Waals surface area contributed by atoms with Crippen molar-refractivity contribution in [2.45, 2.75) is 38.1 Å². The lowest BCUT2D eigenvalue weighted by molar-refractivity contribution is -0.133. The molecule has 0 saturated carbocycles. The fourth-order valence-electron chi connectivity index (χ4n) is 4.10. The number of sulfone groups is 1. The van der Waals surface area contributed by atoms with Gasteiger partial charge >= 0.3 is 0 Å². The summed E-state index contributed by atoms with van der Waals surface area (Å²) in [5.74, 6) is 1.15. The summed E-state index contributed by atoms with van der Waals surface area (Å²) in [6.07, 6.45) is 2.43. The van der Waals surface area contributed by atoms with Gasteiger partial charge < -0.3 is 9.42 Å². The Labute approximate surface area is 174 Å². The van der Waals surface area contributed by atoms with Gasteiger partial charge in [0.25, 0.3) is 0 Å². The van der Waals surface area contributed by atoms with Gasteiger partial charge in [-0.2, -0.15) is 0 Å². The normalized spacial score (nSPS) is 24.3. The van der Waals surface area contributed by atoms with Gasteiger partial charge in [0.1, 0.15) is 4.88 Å². The standard InChI is InChI=1S/C18H25N5O4S2/c1-12-8-15(27-20-12)18-17(19-21-28-18)13-4-3-6-23(9-13)16(24)10-22(2)14-5-7-29(25,26)11-14/h8,13-14H,3-7,9-11H2,1-2H3/t13-,14+/m1/s1. The summed E-state index contributed by atoms with van der Waals surface area (Å²) in [7, 11) is -1.13. The summed E-state index contributed by atoms with van der Waals surface area (Å²) in [5.41, 5.74) is 1.66. The fraction of sp³-hybridized carbons (Fsp3) is 0.667. The third kappa shape index (κ3) is 4.51. The monoisotopic (exact) mass is 439 g/mol. The van der Waals surface area contributed by atoms with E-state index in [0.29, 0.717) is 25.3 Å². The highest BCUT2D eigenvalue weighted by Crippen LogP contribution is 2.35. The zero-order valence-electron chi connectivity index (χ0n) is 16.6. The minimum absolute atomic E-state index is 0.0294. The van der Waals surface area contributed by atoms with Crippen LogP contribution >= 0.6 is 11.5 Å². The van der Waals surface area contributed by atoms with Crippen LogP contribution in [0.25, 0.3) is 10.6 Å². The number of aryl methyl sites for hydroxylation is 1. The number of aromatic nitrogens is 3. The molecule has 1 amide bonds. The first-order valence-electron chi connectivity index (χ1n) is 9.77. The average molecular weight is 440 g/mol. The number of carbonyl (C=O) groups is 1. The second-order valence-corrected chi connectivity index (χ2v) is 11.0. The summed E-state index contributed by atoms with van der Waals surface area (Å²) in [4.78, 5) is 17.5. The average Bonchev–Trinajstić information content (AvgIpc) is 3.41. The fourth-order valence-corrected chi connectivity index (χ4v) is 6.60. The van der Waals surface area contributed by atoms with Gasteiger partial charge in [-0.05, 0) is 44.8 Å². The molecule has 2 saturated heterocycles. The number of likely N-dealkylation sites (tertiary alicyclic amines) is 1. The van der Waals surface area contributed by atoms with Crippen molar-refractivity contribution in [2.24, 2.45) is 0 Å². The molecule has 2 atom stereocenters. The van der Waals surface area contributed by atoms with Crippen LogP contribution in [0.15, 0.2) is 10.6 Å². The zero-order valence-corrected chi connectivity index (χ0v) is 18.2. The molecule has 2 aliphatic heterocycles. The molecule has 11 heteroatoms. The van der Waals surface area contributed by atoms with E-state index in [4.69, 9.17) is 4.52 Å². The van der Waals surface area contributed by atoms with Crippen LogP contribution in [-0.4, -0.2) is 83.1 Å². The molecule has 9 nitrogen and oxygen atoms in total. The van der Waals surface area contributed by atoms with E-state index in [-0.39, 0.29) is 35.9 Å². The number of nitrogens with zero attached hydrogens (tertiary/aromatic N) is 5. The van der Waals surface area contributed by atoms with Crippen LogP contribution in [0.2, 0.25) is 0 Å². The predicted octanol–water partition coefficient (Wildman–Crippen LogP) is 1.33. The van der Waals surface area contributed by atoms with Crippen LogP contribution in [0.3, 0.4) is 0 Å². The van der Waals surface area contributed by atoms with Gasteiger partial charge in [-0.25, -0.2) is 8.42 Å². The van der Waals surface area contributed by atoms with Crippen molar-refractivity contribution >= 4 is 27.3 Å². The Balaban J connectivity index is 1.41. The van der Waals surface area contributed by atoms with Crippen molar-refractivity contribution in [2.75, 3.05) is 38.2 Å². The largest absolute Gasteiger partial charge is 0.355 e. The zero-order chi connectivity index (χ0) is 20.6. The van der Waals surface area contributed by atoms with Crippen molar-refractivity contribution in [3.05, 3.63) is 17.5 Å². The third-order valence-corrected chi connectivity index (χ3v) is 8.25. The van der Waals surface area contributed by atoms with Crippen LogP contribution in [0.1, 0.15) is 36.6 Å². The van der Waals surface area contributed by atoms with Gasteiger partial charge in [0, 0.05) is 31.1 Å². The van der Waals surface area contributed by atoms with Crippen molar-refractivity contribution in [3.8, 4) is 10.6 Å². The summed E-state index contributed by atoms with van der Waals surface area (Å²) >= 11 is 1.28. The number of carbonyl (C=O) groups excluding carboxylic acids is 1. The molecule has 2 aromatic rings. The summed E-state index contributed by atoms with van der Waals surface area (Å²) in [6.45, 7) is 3.40. The minimum Gasteiger partial charge on any atom is -0.355 e. The predicted molar refractivity (Wildman–Crippen MR) is 108 cm³/mol. The molecule has 0 unspecified atom stereocenters. The van der Waals surface area contributed by atoms with Crippen LogP contribution in [0.5, 0.6) is 0 Å². The van der Waals surface area contributed by atoms with Gasteiger partial charge in [0.15, 0.2) is 15.6 Å². The third-order valence-electron chi connectivity index (χ3n) is 5.74.